The number of hydrogen-bond donors (Lipinski definition) is 4. The standard InChI is InChI=1S/C13H17N3O5/c1-20-8-4-3-5-9(21-2)10(8)12(17)15-7-6-14-16-11(7)13(18)19/h3-5,7,11,14,16H,6H2,1-2H3,(H,15,17)(H,18,19). The summed E-state index contributed by atoms with van der Waals surface area (Å²) >= 11 is 0. The molecule has 114 valence electrons. The summed E-state index contributed by atoms with van der Waals surface area (Å²) in [5, 5.41) is 11.7. The largest absolute Gasteiger partial charge is 0.496 e. The monoisotopic (exact) mass is 295 g/mol. The molecule has 0 bridgehead atoms. The van der Waals surface area contributed by atoms with Crippen LogP contribution in [0.5, 0.6) is 11.5 Å². The minimum absolute atomic E-state index is 0.235. The first-order valence-corrected chi connectivity index (χ1v) is 6.31. The zero-order chi connectivity index (χ0) is 15.4. The normalized spacial score (nSPS) is 20.9. The van der Waals surface area contributed by atoms with E-state index >= 15 is 0 Å². The first-order chi connectivity index (χ1) is 10.1. The van der Waals surface area contributed by atoms with Crippen molar-refractivity contribution in [2.75, 3.05) is 20.8 Å². The molecule has 2 rings (SSSR count). The molecule has 21 heavy (non-hydrogen) atoms. The Kier molecular flexibility index (Phi) is 4.61. The Hall–Kier alpha value is -2.32. The van der Waals surface area contributed by atoms with Crippen molar-refractivity contribution in [3.63, 3.8) is 0 Å². The van der Waals surface area contributed by atoms with E-state index in [0.717, 1.165) is 0 Å². The fourth-order valence-electron chi connectivity index (χ4n) is 2.18. The zero-order valence-electron chi connectivity index (χ0n) is 11.7. The van der Waals surface area contributed by atoms with E-state index < -0.39 is 24.0 Å². The molecule has 8 heteroatoms. The van der Waals surface area contributed by atoms with Crippen molar-refractivity contribution in [1.29, 1.82) is 0 Å². The average Bonchev–Trinajstić information content (AvgIpc) is 2.94. The summed E-state index contributed by atoms with van der Waals surface area (Å²) in [6, 6.07) is 3.50. The molecule has 1 amide bonds. The Bertz CT molecular complexity index is 526. The lowest BCUT2D eigenvalue weighted by molar-refractivity contribution is -0.139. The molecule has 1 aromatic rings. The molecule has 0 aliphatic carbocycles. The molecule has 0 saturated carbocycles. The SMILES string of the molecule is COc1cccc(OC)c1C(=O)NC1CNNC1C(=O)O. The van der Waals surface area contributed by atoms with Crippen LogP contribution >= 0.6 is 0 Å². The molecular weight excluding hydrogens is 278 g/mol. The predicted molar refractivity (Wildman–Crippen MR) is 73.4 cm³/mol. The molecule has 0 aromatic heterocycles. The van der Waals surface area contributed by atoms with Gasteiger partial charge in [0, 0.05) is 6.54 Å². The van der Waals surface area contributed by atoms with E-state index in [1.54, 1.807) is 18.2 Å². The molecule has 1 heterocycles. The molecule has 1 aromatic carbocycles. The Morgan fingerprint density at radius 1 is 1.29 bits per heavy atom. The van der Waals surface area contributed by atoms with Gasteiger partial charge in [0.2, 0.25) is 0 Å². The topological polar surface area (TPSA) is 109 Å². The number of ether oxygens (including phenoxy) is 2. The summed E-state index contributed by atoms with van der Waals surface area (Å²) in [5.41, 5.74) is 5.54. The van der Waals surface area contributed by atoms with E-state index in [0.29, 0.717) is 18.0 Å². The number of carboxylic acid groups (broad SMARTS) is 1. The van der Waals surface area contributed by atoms with Crippen LogP contribution < -0.4 is 25.6 Å². The second-order valence-corrected chi connectivity index (χ2v) is 4.46. The molecule has 0 spiro atoms. The van der Waals surface area contributed by atoms with Gasteiger partial charge in [0.05, 0.1) is 20.3 Å². The van der Waals surface area contributed by atoms with Gasteiger partial charge in [-0.2, -0.15) is 0 Å². The summed E-state index contributed by atoms with van der Waals surface area (Å²) in [5.74, 6) is -0.779. The molecule has 1 fully saturated rings. The molecule has 1 saturated heterocycles. The van der Waals surface area contributed by atoms with E-state index in [2.05, 4.69) is 16.2 Å². The quantitative estimate of drug-likeness (QED) is 0.572. The fraction of sp³-hybridized carbons (Fsp3) is 0.385. The summed E-state index contributed by atoms with van der Waals surface area (Å²) in [6.45, 7) is 0.306. The van der Waals surface area contributed by atoms with Crippen LogP contribution in [-0.2, 0) is 4.79 Å². The summed E-state index contributed by atoms with van der Waals surface area (Å²) in [4.78, 5) is 23.5. The predicted octanol–water partition coefficient (Wildman–Crippen LogP) is -0.637. The Labute approximate surface area is 121 Å². The van der Waals surface area contributed by atoms with Gasteiger partial charge in [-0.15, -0.1) is 0 Å². The van der Waals surface area contributed by atoms with Crippen molar-refractivity contribution in [3.05, 3.63) is 23.8 Å². The van der Waals surface area contributed by atoms with E-state index in [-0.39, 0.29) is 5.56 Å². The number of carboxylic acids is 1. The van der Waals surface area contributed by atoms with E-state index in [1.165, 1.54) is 14.2 Å². The van der Waals surface area contributed by atoms with Gasteiger partial charge in [-0.3, -0.25) is 15.0 Å². The number of carbonyl (C=O) groups is 2. The first kappa shape index (κ1) is 15.1. The third-order valence-corrected chi connectivity index (χ3v) is 3.22. The van der Waals surface area contributed by atoms with Gasteiger partial charge in [0.25, 0.3) is 5.91 Å². The van der Waals surface area contributed by atoms with Crippen molar-refractivity contribution in [1.82, 2.24) is 16.2 Å². The van der Waals surface area contributed by atoms with Gasteiger partial charge in [0.1, 0.15) is 23.1 Å². The second kappa shape index (κ2) is 6.42. The lowest BCUT2D eigenvalue weighted by Gasteiger charge is -2.18. The highest BCUT2D eigenvalue weighted by Crippen LogP contribution is 2.28. The molecular formula is C13H17N3O5. The summed E-state index contributed by atoms with van der Waals surface area (Å²) < 4.78 is 10.3. The van der Waals surface area contributed by atoms with Crippen LogP contribution in [0.3, 0.4) is 0 Å². The van der Waals surface area contributed by atoms with Gasteiger partial charge < -0.3 is 19.9 Å². The third kappa shape index (κ3) is 3.06. The minimum Gasteiger partial charge on any atom is -0.496 e. The maximum atomic E-state index is 12.4. The molecule has 2 unspecified atom stereocenters. The molecule has 4 N–H and O–H groups in total. The molecule has 8 nitrogen and oxygen atoms in total. The van der Waals surface area contributed by atoms with Crippen molar-refractivity contribution >= 4 is 11.9 Å². The van der Waals surface area contributed by atoms with Crippen molar-refractivity contribution in [2.24, 2.45) is 0 Å². The van der Waals surface area contributed by atoms with E-state index in [9.17, 15) is 9.59 Å². The van der Waals surface area contributed by atoms with Gasteiger partial charge >= 0.3 is 5.97 Å². The summed E-state index contributed by atoms with van der Waals surface area (Å²) in [6.07, 6.45) is 0. The highest BCUT2D eigenvalue weighted by atomic mass is 16.5. The van der Waals surface area contributed by atoms with Crippen LogP contribution in [0.1, 0.15) is 10.4 Å². The van der Waals surface area contributed by atoms with Crippen LogP contribution in [0.25, 0.3) is 0 Å². The van der Waals surface area contributed by atoms with Gasteiger partial charge in [-0.05, 0) is 12.1 Å². The molecule has 1 aliphatic rings. The number of rotatable bonds is 5. The van der Waals surface area contributed by atoms with E-state index in [1.807, 2.05) is 0 Å². The van der Waals surface area contributed by atoms with Crippen LogP contribution in [0.2, 0.25) is 0 Å². The summed E-state index contributed by atoms with van der Waals surface area (Å²) in [7, 11) is 2.90. The highest BCUT2D eigenvalue weighted by Gasteiger charge is 2.34. The van der Waals surface area contributed by atoms with Gasteiger partial charge in [-0.1, -0.05) is 6.07 Å². The first-order valence-electron chi connectivity index (χ1n) is 6.31. The van der Waals surface area contributed by atoms with Crippen LogP contribution in [-0.4, -0.2) is 49.8 Å². The lowest BCUT2D eigenvalue weighted by Crippen LogP contribution is -2.49. The highest BCUT2D eigenvalue weighted by molar-refractivity contribution is 6.00. The Morgan fingerprint density at radius 2 is 1.90 bits per heavy atom. The van der Waals surface area contributed by atoms with Crippen molar-refractivity contribution in [2.45, 2.75) is 12.1 Å². The third-order valence-electron chi connectivity index (χ3n) is 3.22. The minimum atomic E-state index is -1.04. The average molecular weight is 295 g/mol. The van der Waals surface area contributed by atoms with E-state index in [4.69, 9.17) is 14.6 Å². The number of carbonyl (C=O) groups excluding carboxylic acids is 1. The zero-order valence-corrected chi connectivity index (χ0v) is 11.7. The molecule has 1 aliphatic heterocycles. The number of benzene rings is 1. The van der Waals surface area contributed by atoms with Crippen LogP contribution in [0, 0.1) is 0 Å². The van der Waals surface area contributed by atoms with Crippen molar-refractivity contribution < 1.29 is 24.2 Å². The second-order valence-electron chi connectivity index (χ2n) is 4.46. The Morgan fingerprint density at radius 3 is 2.43 bits per heavy atom. The van der Waals surface area contributed by atoms with Crippen LogP contribution in [0.15, 0.2) is 18.2 Å². The Balaban J connectivity index is 2.22. The smallest absolute Gasteiger partial charge is 0.324 e. The maximum Gasteiger partial charge on any atom is 0.324 e. The fourth-order valence-corrected chi connectivity index (χ4v) is 2.18. The number of amides is 1. The number of hydrogen-bond acceptors (Lipinski definition) is 6. The van der Waals surface area contributed by atoms with Gasteiger partial charge in [0.15, 0.2) is 0 Å². The molecule has 0 radical (unpaired) electrons. The van der Waals surface area contributed by atoms with Gasteiger partial charge in [-0.25, -0.2) is 5.43 Å². The number of methoxy groups -OCH3 is 2. The number of hydrazine groups is 1. The van der Waals surface area contributed by atoms with Crippen LogP contribution in [0.4, 0.5) is 0 Å². The number of aliphatic carboxylic acids is 1. The van der Waals surface area contributed by atoms with Crippen molar-refractivity contribution in [3.8, 4) is 11.5 Å². The molecule has 2 atom stereocenters. The maximum absolute atomic E-state index is 12.4. The number of nitrogens with one attached hydrogen (secondary N) is 3. The lowest BCUT2D eigenvalue weighted by atomic mass is 10.1.